The molecule has 0 fully saturated rings. The monoisotopic (exact) mass is 244 g/mol. The number of ether oxygens (including phenoxy) is 3. The van der Waals surface area contributed by atoms with E-state index >= 15 is 0 Å². The molecule has 0 rings (SSSR count). The van der Waals surface area contributed by atoms with Gasteiger partial charge in [-0.3, -0.25) is 0 Å². The molecule has 0 saturated heterocycles. The van der Waals surface area contributed by atoms with Crippen molar-refractivity contribution in [1.82, 2.24) is 0 Å². The molecule has 0 aliphatic rings. The Kier molecular flexibility index (Phi) is 11.0. The molecule has 100 valence electrons. The molecule has 0 bridgehead atoms. The molecule has 0 atom stereocenters. The van der Waals surface area contributed by atoms with Gasteiger partial charge in [-0.1, -0.05) is 13.0 Å². The van der Waals surface area contributed by atoms with Crippen molar-refractivity contribution in [2.45, 2.75) is 33.6 Å². The van der Waals surface area contributed by atoms with Gasteiger partial charge >= 0.3 is 5.97 Å². The lowest BCUT2D eigenvalue weighted by Crippen LogP contribution is -2.11. The minimum Gasteiger partial charge on any atom is -0.460 e. The van der Waals surface area contributed by atoms with Gasteiger partial charge in [-0.25, -0.2) is 4.79 Å². The minimum absolute atomic E-state index is 0.278. The Morgan fingerprint density at radius 2 is 1.82 bits per heavy atom. The Bertz CT molecular complexity index is 223. The summed E-state index contributed by atoms with van der Waals surface area (Å²) >= 11 is 0. The largest absolute Gasteiger partial charge is 0.460 e. The van der Waals surface area contributed by atoms with Gasteiger partial charge in [0.1, 0.15) is 6.61 Å². The highest BCUT2D eigenvalue weighted by atomic mass is 16.6. The number of hydrogen-bond donors (Lipinski definition) is 0. The number of hydrogen-bond acceptors (Lipinski definition) is 4. The van der Waals surface area contributed by atoms with Crippen molar-refractivity contribution in [3.8, 4) is 0 Å². The van der Waals surface area contributed by atoms with Crippen LogP contribution in [0.2, 0.25) is 0 Å². The summed E-state index contributed by atoms with van der Waals surface area (Å²) in [6.45, 7) is 8.55. The van der Waals surface area contributed by atoms with Gasteiger partial charge in [0.05, 0.1) is 13.2 Å². The number of rotatable bonds is 10. The predicted molar refractivity (Wildman–Crippen MR) is 66.9 cm³/mol. The summed E-state index contributed by atoms with van der Waals surface area (Å²) < 4.78 is 15.4. The zero-order valence-electron chi connectivity index (χ0n) is 11.2. The van der Waals surface area contributed by atoms with E-state index in [9.17, 15) is 4.79 Å². The second kappa shape index (κ2) is 11.6. The zero-order valence-corrected chi connectivity index (χ0v) is 11.2. The van der Waals surface area contributed by atoms with Crippen LogP contribution >= 0.6 is 0 Å². The van der Waals surface area contributed by atoms with Crippen molar-refractivity contribution in [2.24, 2.45) is 0 Å². The van der Waals surface area contributed by atoms with Crippen LogP contribution in [0.3, 0.4) is 0 Å². The van der Waals surface area contributed by atoms with Crippen molar-refractivity contribution in [3.63, 3.8) is 0 Å². The van der Waals surface area contributed by atoms with E-state index in [1.54, 1.807) is 6.92 Å². The molecule has 0 radical (unpaired) electrons. The molecule has 0 spiro atoms. The second-order valence-electron chi connectivity index (χ2n) is 3.62. The molecule has 0 aliphatic carbocycles. The Labute approximate surface area is 104 Å². The van der Waals surface area contributed by atoms with Crippen molar-refractivity contribution in [2.75, 3.05) is 33.0 Å². The predicted octanol–water partition coefficient (Wildman–Crippen LogP) is 2.33. The van der Waals surface area contributed by atoms with Crippen molar-refractivity contribution in [1.29, 1.82) is 0 Å². The molecule has 4 nitrogen and oxygen atoms in total. The van der Waals surface area contributed by atoms with Crippen LogP contribution in [0.5, 0.6) is 0 Å². The summed E-state index contributed by atoms with van der Waals surface area (Å²) in [5, 5.41) is 0. The Morgan fingerprint density at radius 1 is 1.06 bits per heavy atom. The lowest BCUT2D eigenvalue weighted by atomic mass is 10.2. The molecule has 17 heavy (non-hydrogen) atoms. The zero-order chi connectivity index (χ0) is 12.9. The van der Waals surface area contributed by atoms with Gasteiger partial charge in [-0.05, 0) is 26.7 Å². The first-order valence-electron chi connectivity index (χ1n) is 6.21. The standard InChI is InChI=1S/C13H24O4/c1-4-8-16-9-6-7-12(3)13(14)17-11-10-15-5-2/h7H,4-6,8-11H2,1-3H3. The maximum atomic E-state index is 11.4. The summed E-state index contributed by atoms with van der Waals surface area (Å²) in [6.07, 6.45) is 3.60. The fourth-order valence-electron chi connectivity index (χ4n) is 1.14. The van der Waals surface area contributed by atoms with Crippen LogP contribution in [0.15, 0.2) is 11.6 Å². The smallest absolute Gasteiger partial charge is 0.333 e. The molecule has 0 N–H and O–H groups in total. The van der Waals surface area contributed by atoms with Crippen molar-refractivity contribution >= 4 is 5.97 Å². The highest BCUT2D eigenvalue weighted by Gasteiger charge is 2.04. The quantitative estimate of drug-likeness (QED) is 0.336. The van der Waals surface area contributed by atoms with Gasteiger partial charge in [0, 0.05) is 18.8 Å². The lowest BCUT2D eigenvalue weighted by molar-refractivity contribution is -0.140. The van der Waals surface area contributed by atoms with Crippen molar-refractivity contribution in [3.05, 3.63) is 11.6 Å². The van der Waals surface area contributed by atoms with E-state index in [1.807, 2.05) is 13.0 Å². The van der Waals surface area contributed by atoms with Crippen LogP contribution in [-0.2, 0) is 19.0 Å². The molecule has 0 saturated carbocycles. The third kappa shape index (κ3) is 10.0. The average Bonchev–Trinajstić information content (AvgIpc) is 2.34. The maximum Gasteiger partial charge on any atom is 0.333 e. The van der Waals surface area contributed by atoms with Crippen LogP contribution < -0.4 is 0 Å². The highest BCUT2D eigenvalue weighted by Crippen LogP contribution is 1.99. The fraction of sp³-hybridized carbons (Fsp3) is 0.769. The van der Waals surface area contributed by atoms with E-state index < -0.39 is 0 Å². The van der Waals surface area contributed by atoms with E-state index in [4.69, 9.17) is 14.2 Å². The third-order valence-electron chi connectivity index (χ3n) is 2.05. The number of carbonyl (C=O) groups is 1. The lowest BCUT2D eigenvalue weighted by Gasteiger charge is -2.05. The molecular weight excluding hydrogens is 220 g/mol. The van der Waals surface area contributed by atoms with Crippen LogP contribution in [0, 0.1) is 0 Å². The molecule has 0 unspecified atom stereocenters. The summed E-state index contributed by atoms with van der Waals surface area (Å²) in [4.78, 5) is 11.4. The molecular formula is C13H24O4. The average molecular weight is 244 g/mol. The summed E-state index contributed by atoms with van der Waals surface area (Å²) in [5.74, 6) is -0.278. The van der Waals surface area contributed by atoms with E-state index in [0.29, 0.717) is 32.0 Å². The van der Waals surface area contributed by atoms with Crippen molar-refractivity contribution < 1.29 is 19.0 Å². The molecule has 0 aromatic heterocycles. The molecule has 0 heterocycles. The summed E-state index contributed by atoms with van der Waals surface area (Å²) in [7, 11) is 0. The SMILES string of the molecule is CCCOCCC=C(C)C(=O)OCCOCC. The van der Waals surface area contributed by atoms with Gasteiger partial charge in [0.15, 0.2) is 0 Å². The first-order chi connectivity index (χ1) is 8.22. The molecule has 4 heteroatoms. The molecule has 0 aromatic carbocycles. The Hall–Kier alpha value is -0.870. The van der Waals surface area contributed by atoms with Gasteiger partial charge in [-0.2, -0.15) is 0 Å². The third-order valence-corrected chi connectivity index (χ3v) is 2.05. The molecule has 0 amide bonds. The summed E-state index contributed by atoms with van der Waals surface area (Å²) in [5.41, 5.74) is 0.626. The number of carbonyl (C=O) groups excluding carboxylic acids is 1. The topological polar surface area (TPSA) is 44.8 Å². The summed E-state index contributed by atoms with van der Waals surface area (Å²) in [6, 6.07) is 0. The van der Waals surface area contributed by atoms with Crippen LogP contribution in [0.4, 0.5) is 0 Å². The minimum atomic E-state index is -0.278. The van der Waals surface area contributed by atoms with Crippen LogP contribution in [0.1, 0.15) is 33.6 Å². The normalized spacial score (nSPS) is 11.6. The molecule has 0 aromatic rings. The van der Waals surface area contributed by atoms with Gasteiger partial charge < -0.3 is 14.2 Å². The molecule has 0 aliphatic heterocycles. The van der Waals surface area contributed by atoms with E-state index in [1.165, 1.54) is 0 Å². The first-order valence-corrected chi connectivity index (χ1v) is 6.21. The van der Waals surface area contributed by atoms with Gasteiger partial charge in [-0.15, -0.1) is 0 Å². The van der Waals surface area contributed by atoms with E-state index in [2.05, 4.69) is 6.92 Å². The van der Waals surface area contributed by atoms with Gasteiger partial charge in [0.25, 0.3) is 0 Å². The highest BCUT2D eigenvalue weighted by molar-refractivity contribution is 5.87. The fourth-order valence-corrected chi connectivity index (χ4v) is 1.14. The van der Waals surface area contributed by atoms with E-state index in [-0.39, 0.29) is 5.97 Å². The van der Waals surface area contributed by atoms with Crippen LogP contribution in [-0.4, -0.2) is 39.0 Å². The van der Waals surface area contributed by atoms with Gasteiger partial charge in [0.2, 0.25) is 0 Å². The Morgan fingerprint density at radius 3 is 2.47 bits per heavy atom. The maximum absolute atomic E-state index is 11.4. The first kappa shape index (κ1) is 16.1. The Balaban J connectivity index is 3.60. The number of esters is 1. The second-order valence-corrected chi connectivity index (χ2v) is 3.62. The van der Waals surface area contributed by atoms with E-state index in [0.717, 1.165) is 19.4 Å². The van der Waals surface area contributed by atoms with Crippen LogP contribution in [0.25, 0.3) is 0 Å².